The summed E-state index contributed by atoms with van der Waals surface area (Å²) in [5.41, 5.74) is 3.53. The molecule has 0 bridgehead atoms. The summed E-state index contributed by atoms with van der Waals surface area (Å²) in [5, 5.41) is 12.8. The molecule has 0 saturated carbocycles. The van der Waals surface area contributed by atoms with Crippen LogP contribution in [0.4, 0.5) is 5.69 Å². The molecule has 0 aliphatic carbocycles. The highest BCUT2D eigenvalue weighted by atomic mass is 35.5. The number of hydrogen-bond acceptors (Lipinski definition) is 5. The Morgan fingerprint density at radius 3 is 2.58 bits per heavy atom. The van der Waals surface area contributed by atoms with E-state index >= 15 is 0 Å². The molecule has 4 rings (SSSR count). The van der Waals surface area contributed by atoms with Gasteiger partial charge in [0.2, 0.25) is 0 Å². The summed E-state index contributed by atoms with van der Waals surface area (Å²) in [7, 11) is 0. The van der Waals surface area contributed by atoms with E-state index < -0.39 is 5.97 Å². The first kappa shape index (κ1) is 21.0. The van der Waals surface area contributed by atoms with Crippen molar-refractivity contribution in [2.24, 2.45) is 4.99 Å². The van der Waals surface area contributed by atoms with Gasteiger partial charge in [0.15, 0.2) is 5.17 Å². The number of aryl methyl sites for hydroxylation is 2. The van der Waals surface area contributed by atoms with Crippen molar-refractivity contribution in [2.45, 2.75) is 13.8 Å². The maximum Gasteiger partial charge on any atom is 0.335 e. The van der Waals surface area contributed by atoms with Crippen molar-refractivity contribution in [3.8, 4) is 11.3 Å². The monoisotopic (exact) mass is 452 g/mol. The molecule has 0 spiro atoms. The number of carboxylic acid groups (broad SMARTS) is 1. The van der Waals surface area contributed by atoms with E-state index in [0.717, 1.165) is 16.8 Å². The van der Waals surface area contributed by atoms with E-state index in [1.807, 2.05) is 26.0 Å². The minimum atomic E-state index is -1.05. The van der Waals surface area contributed by atoms with Crippen molar-refractivity contribution in [1.82, 2.24) is 5.32 Å². The van der Waals surface area contributed by atoms with E-state index in [1.54, 1.807) is 18.2 Å². The summed E-state index contributed by atoms with van der Waals surface area (Å²) in [5.74, 6) is -0.469. The van der Waals surface area contributed by atoms with Gasteiger partial charge in [-0.2, -0.15) is 0 Å². The number of carbonyl (C=O) groups is 2. The van der Waals surface area contributed by atoms with Crippen LogP contribution in [-0.4, -0.2) is 22.2 Å². The second-order valence-corrected chi connectivity index (χ2v) is 8.47. The number of amides is 1. The first-order valence-corrected chi connectivity index (χ1v) is 10.5. The number of carbonyl (C=O) groups excluding carboxylic acids is 1. The number of amidine groups is 1. The van der Waals surface area contributed by atoms with Crippen LogP contribution in [0.2, 0.25) is 5.02 Å². The molecule has 1 aliphatic rings. The Hall–Kier alpha value is -3.29. The van der Waals surface area contributed by atoms with Crippen LogP contribution in [0.25, 0.3) is 17.4 Å². The Morgan fingerprint density at radius 2 is 1.87 bits per heavy atom. The fourth-order valence-corrected chi connectivity index (χ4v) is 4.20. The lowest BCUT2D eigenvalue weighted by molar-refractivity contribution is -0.115. The van der Waals surface area contributed by atoms with E-state index in [1.165, 1.54) is 30.0 Å². The zero-order valence-corrected chi connectivity index (χ0v) is 18.2. The first-order chi connectivity index (χ1) is 14.8. The fourth-order valence-electron chi connectivity index (χ4n) is 3.16. The number of thioether (sulfide) groups is 1. The van der Waals surface area contributed by atoms with E-state index in [9.17, 15) is 14.7 Å². The predicted octanol–water partition coefficient (Wildman–Crippen LogP) is 5.81. The van der Waals surface area contributed by atoms with Crippen LogP contribution < -0.4 is 5.32 Å². The van der Waals surface area contributed by atoms with Crippen LogP contribution in [0.1, 0.15) is 27.2 Å². The van der Waals surface area contributed by atoms with E-state index in [2.05, 4.69) is 16.4 Å². The maximum absolute atomic E-state index is 12.4. The molecular weight excluding hydrogens is 436 g/mol. The number of benzene rings is 2. The van der Waals surface area contributed by atoms with E-state index in [0.29, 0.717) is 32.2 Å². The average molecular weight is 453 g/mol. The second-order valence-electron chi connectivity index (χ2n) is 7.03. The lowest BCUT2D eigenvalue weighted by atomic mass is 10.1. The van der Waals surface area contributed by atoms with Crippen LogP contribution in [0.3, 0.4) is 0 Å². The van der Waals surface area contributed by atoms with Gasteiger partial charge in [-0.15, -0.1) is 0 Å². The van der Waals surface area contributed by atoms with Gasteiger partial charge in [-0.25, -0.2) is 9.79 Å². The number of aliphatic imine (C=N–C) groups is 1. The third-order valence-corrected chi connectivity index (χ3v) is 5.71. The molecule has 1 fully saturated rings. The van der Waals surface area contributed by atoms with Gasteiger partial charge in [-0.3, -0.25) is 4.79 Å². The average Bonchev–Trinajstić information content (AvgIpc) is 3.28. The van der Waals surface area contributed by atoms with Crippen molar-refractivity contribution in [2.75, 3.05) is 0 Å². The van der Waals surface area contributed by atoms with Crippen molar-refractivity contribution >= 4 is 52.2 Å². The van der Waals surface area contributed by atoms with Crippen LogP contribution >= 0.6 is 23.4 Å². The lowest BCUT2D eigenvalue weighted by Gasteiger charge is -2.02. The first-order valence-electron chi connectivity index (χ1n) is 9.29. The third-order valence-electron chi connectivity index (χ3n) is 4.47. The Kier molecular flexibility index (Phi) is 5.71. The quantitative estimate of drug-likeness (QED) is 0.487. The van der Waals surface area contributed by atoms with Crippen LogP contribution in [0.15, 0.2) is 62.8 Å². The van der Waals surface area contributed by atoms with Crippen LogP contribution in [0.5, 0.6) is 0 Å². The zero-order chi connectivity index (χ0) is 22.1. The second kappa shape index (κ2) is 8.45. The van der Waals surface area contributed by atoms with Gasteiger partial charge in [0.25, 0.3) is 5.91 Å². The van der Waals surface area contributed by atoms with Gasteiger partial charge in [0.05, 0.1) is 21.2 Å². The SMILES string of the molecule is Cc1cc(C)cc(N=C2NC(=O)/C(=C/c3ccc(-c4cc(C(=O)O)ccc4Cl)o3)S2)c1. The highest BCUT2D eigenvalue weighted by Crippen LogP contribution is 2.33. The number of carboxylic acids is 1. The van der Waals surface area contributed by atoms with Gasteiger partial charge in [-0.05, 0) is 79.2 Å². The highest BCUT2D eigenvalue weighted by Gasteiger charge is 2.24. The van der Waals surface area contributed by atoms with Gasteiger partial charge < -0.3 is 14.8 Å². The summed E-state index contributed by atoms with van der Waals surface area (Å²) < 4.78 is 5.79. The molecule has 1 saturated heterocycles. The van der Waals surface area contributed by atoms with Gasteiger partial charge in [0.1, 0.15) is 11.5 Å². The lowest BCUT2D eigenvalue weighted by Crippen LogP contribution is -2.19. The number of hydrogen-bond donors (Lipinski definition) is 2. The predicted molar refractivity (Wildman–Crippen MR) is 123 cm³/mol. The Bertz CT molecular complexity index is 1260. The van der Waals surface area contributed by atoms with Crippen molar-refractivity contribution in [3.05, 3.63) is 80.9 Å². The normalized spacial score (nSPS) is 16.2. The smallest absolute Gasteiger partial charge is 0.335 e. The standard InChI is InChI=1S/C23H17ClN2O4S/c1-12-7-13(2)9-15(8-12)25-23-26-21(27)20(31-23)11-16-4-6-19(30-16)17-10-14(22(28)29)3-5-18(17)24/h3-11H,1-2H3,(H,28,29)(H,25,26,27)/b20-11-. The molecule has 1 aromatic heterocycles. The van der Waals surface area contributed by atoms with Crippen molar-refractivity contribution in [3.63, 3.8) is 0 Å². The molecule has 1 aliphatic heterocycles. The van der Waals surface area contributed by atoms with E-state index in [-0.39, 0.29) is 11.5 Å². The molecule has 6 nitrogen and oxygen atoms in total. The van der Waals surface area contributed by atoms with E-state index in [4.69, 9.17) is 16.0 Å². The molecule has 1 amide bonds. The third kappa shape index (κ3) is 4.73. The summed E-state index contributed by atoms with van der Waals surface area (Å²) >= 11 is 7.43. The molecule has 2 aromatic carbocycles. The van der Waals surface area contributed by atoms with Gasteiger partial charge in [-0.1, -0.05) is 17.7 Å². The van der Waals surface area contributed by atoms with Crippen LogP contribution in [0, 0.1) is 13.8 Å². The molecular formula is C23H17ClN2O4S. The molecule has 156 valence electrons. The van der Waals surface area contributed by atoms with Crippen molar-refractivity contribution in [1.29, 1.82) is 0 Å². The zero-order valence-electron chi connectivity index (χ0n) is 16.6. The number of furan rings is 1. The maximum atomic E-state index is 12.4. The molecule has 2 heterocycles. The summed E-state index contributed by atoms with van der Waals surface area (Å²) in [4.78, 5) is 28.5. The number of aromatic carboxylic acids is 1. The topological polar surface area (TPSA) is 91.9 Å². The molecule has 0 radical (unpaired) electrons. The Morgan fingerprint density at radius 1 is 1.13 bits per heavy atom. The summed E-state index contributed by atoms with van der Waals surface area (Å²) in [6.45, 7) is 3.99. The summed E-state index contributed by atoms with van der Waals surface area (Å²) in [6, 6.07) is 13.7. The van der Waals surface area contributed by atoms with Gasteiger partial charge in [0, 0.05) is 11.6 Å². The molecule has 3 aromatic rings. The number of nitrogens with zero attached hydrogens (tertiary/aromatic N) is 1. The number of nitrogens with one attached hydrogen (secondary N) is 1. The number of halogens is 1. The van der Waals surface area contributed by atoms with Crippen LogP contribution in [-0.2, 0) is 4.79 Å². The molecule has 8 heteroatoms. The van der Waals surface area contributed by atoms with Gasteiger partial charge >= 0.3 is 5.97 Å². The Balaban J connectivity index is 1.58. The Labute approximate surface area is 187 Å². The largest absolute Gasteiger partial charge is 0.478 e. The molecule has 0 atom stereocenters. The molecule has 0 unspecified atom stereocenters. The fraction of sp³-hybridized carbons (Fsp3) is 0.0870. The highest BCUT2D eigenvalue weighted by molar-refractivity contribution is 8.18. The minimum Gasteiger partial charge on any atom is -0.478 e. The van der Waals surface area contributed by atoms with Crippen molar-refractivity contribution < 1.29 is 19.1 Å². The summed E-state index contributed by atoms with van der Waals surface area (Å²) in [6.07, 6.45) is 1.61. The number of rotatable bonds is 4. The minimum absolute atomic E-state index is 0.105. The molecule has 2 N–H and O–H groups in total. The molecule has 31 heavy (non-hydrogen) atoms.